The van der Waals surface area contributed by atoms with Crippen LogP contribution in [0.25, 0.3) is 21.1 Å². The lowest BCUT2D eigenvalue weighted by Crippen LogP contribution is -2.52. The van der Waals surface area contributed by atoms with Gasteiger partial charge in [0.25, 0.3) is 0 Å². The first-order valence-electron chi connectivity index (χ1n) is 8.21. The minimum absolute atomic E-state index is 0.0209. The molecule has 1 amide bonds. The molecule has 26 heavy (non-hydrogen) atoms. The van der Waals surface area contributed by atoms with Crippen LogP contribution in [0.15, 0.2) is 42.6 Å². The molecule has 1 saturated heterocycles. The summed E-state index contributed by atoms with van der Waals surface area (Å²) in [6, 6.07) is 10.6. The van der Waals surface area contributed by atoms with Crippen LogP contribution in [0.3, 0.4) is 0 Å². The maximum atomic E-state index is 13.8. The number of para-hydroxylation sites is 1. The van der Waals surface area contributed by atoms with E-state index < -0.39 is 0 Å². The van der Waals surface area contributed by atoms with E-state index in [1.54, 1.807) is 12.3 Å². The number of halogens is 1. The number of aromatic nitrogens is 3. The molecule has 0 aliphatic carbocycles. The fourth-order valence-corrected chi connectivity index (χ4v) is 4.10. The van der Waals surface area contributed by atoms with Gasteiger partial charge in [-0.25, -0.2) is 9.37 Å². The number of aromatic amines is 1. The van der Waals surface area contributed by atoms with Gasteiger partial charge in [0.05, 0.1) is 22.3 Å². The molecule has 0 bridgehead atoms. The predicted octanol–water partition coefficient (Wildman–Crippen LogP) is 3.39. The van der Waals surface area contributed by atoms with E-state index in [9.17, 15) is 9.18 Å². The van der Waals surface area contributed by atoms with E-state index in [0.29, 0.717) is 18.6 Å². The Morgan fingerprint density at radius 1 is 1.31 bits per heavy atom. The SMILES string of the molecule is O=C(Nc1ccc2cn[nH]c2c1)C1CN(c2nc3c(F)cccc3s2)C1. The molecule has 0 spiro atoms. The summed E-state index contributed by atoms with van der Waals surface area (Å²) >= 11 is 1.45. The third-order valence-corrected chi connectivity index (χ3v) is 5.67. The Labute approximate surface area is 151 Å². The van der Waals surface area contributed by atoms with E-state index in [2.05, 4.69) is 20.5 Å². The van der Waals surface area contributed by atoms with Crippen LogP contribution in [-0.2, 0) is 4.79 Å². The highest BCUT2D eigenvalue weighted by molar-refractivity contribution is 7.22. The summed E-state index contributed by atoms with van der Waals surface area (Å²) in [6.07, 6.45) is 1.74. The van der Waals surface area contributed by atoms with E-state index in [0.717, 1.165) is 26.4 Å². The first-order valence-corrected chi connectivity index (χ1v) is 9.03. The van der Waals surface area contributed by atoms with Crippen LogP contribution in [0.1, 0.15) is 0 Å². The largest absolute Gasteiger partial charge is 0.346 e. The van der Waals surface area contributed by atoms with Crippen LogP contribution in [0.2, 0.25) is 0 Å². The number of benzene rings is 2. The maximum Gasteiger partial charge on any atom is 0.231 e. The number of carbonyl (C=O) groups is 1. The highest BCUT2D eigenvalue weighted by Gasteiger charge is 2.34. The number of fused-ring (bicyclic) bond motifs is 2. The summed E-state index contributed by atoms with van der Waals surface area (Å²) in [5.41, 5.74) is 2.02. The zero-order valence-electron chi connectivity index (χ0n) is 13.6. The van der Waals surface area contributed by atoms with E-state index >= 15 is 0 Å². The van der Waals surface area contributed by atoms with Gasteiger partial charge in [-0.3, -0.25) is 9.89 Å². The topological polar surface area (TPSA) is 73.9 Å². The van der Waals surface area contributed by atoms with Crippen molar-refractivity contribution in [3.8, 4) is 0 Å². The van der Waals surface area contributed by atoms with Crippen LogP contribution in [0, 0.1) is 11.7 Å². The molecular weight excluding hydrogens is 353 g/mol. The van der Waals surface area contributed by atoms with Crippen molar-refractivity contribution in [3.05, 3.63) is 48.4 Å². The molecule has 2 N–H and O–H groups in total. The van der Waals surface area contributed by atoms with Gasteiger partial charge in [-0.1, -0.05) is 17.4 Å². The van der Waals surface area contributed by atoms with Crippen LogP contribution < -0.4 is 10.2 Å². The first-order chi connectivity index (χ1) is 12.7. The number of H-pyrrole nitrogens is 1. The van der Waals surface area contributed by atoms with Crippen molar-refractivity contribution in [1.82, 2.24) is 15.2 Å². The minimum atomic E-state index is -0.311. The van der Waals surface area contributed by atoms with Gasteiger partial charge in [-0.2, -0.15) is 5.10 Å². The molecule has 3 heterocycles. The van der Waals surface area contributed by atoms with Crippen molar-refractivity contribution in [2.45, 2.75) is 0 Å². The molecule has 2 aromatic heterocycles. The lowest BCUT2D eigenvalue weighted by atomic mass is 10.00. The lowest BCUT2D eigenvalue weighted by Gasteiger charge is -2.37. The third kappa shape index (κ3) is 2.50. The molecule has 0 radical (unpaired) electrons. The van der Waals surface area contributed by atoms with Crippen molar-refractivity contribution in [2.75, 3.05) is 23.3 Å². The van der Waals surface area contributed by atoms with Gasteiger partial charge in [-0.15, -0.1) is 0 Å². The Bertz CT molecular complexity index is 1130. The normalized spacial score (nSPS) is 14.7. The summed E-state index contributed by atoms with van der Waals surface area (Å²) in [4.78, 5) is 18.8. The summed E-state index contributed by atoms with van der Waals surface area (Å²) in [5, 5.41) is 11.6. The van der Waals surface area contributed by atoms with Crippen molar-refractivity contribution in [2.24, 2.45) is 5.92 Å². The number of hydrogen-bond donors (Lipinski definition) is 2. The molecule has 6 nitrogen and oxygen atoms in total. The molecule has 130 valence electrons. The third-order valence-electron chi connectivity index (χ3n) is 4.59. The van der Waals surface area contributed by atoms with E-state index in [1.165, 1.54) is 17.4 Å². The number of thiazole rings is 1. The minimum Gasteiger partial charge on any atom is -0.346 e. The Hall–Kier alpha value is -3.00. The van der Waals surface area contributed by atoms with Crippen molar-refractivity contribution in [1.29, 1.82) is 0 Å². The zero-order valence-corrected chi connectivity index (χ0v) is 14.4. The Morgan fingerprint density at radius 3 is 3.04 bits per heavy atom. The van der Waals surface area contributed by atoms with E-state index in [-0.39, 0.29) is 17.6 Å². The highest BCUT2D eigenvalue weighted by Crippen LogP contribution is 2.34. The highest BCUT2D eigenvalue weighted by atomic mass is 32.1. The molecule has 2 aromatic carbocycles. The standard InChI is InChI=1S/C18H14FN5OS/c19-13-2-1-3-15-16(13)22-18(26-15)24-8-11(9-24)17(25)21-12-5-4-10-7-20-23-14(10)6-12/h1-7,11H,8-9H2,(H,20,23)(H,21,25). The summed E-state index contributed by atoms with van der Waals surface area (Å²) in [6.45, 7) is 1.17. The Balaban J connectivity index is 1.26. The summed E-state index contributed by atoms with van der Waals surface area (Å²) in [7, 11) is 0. The average molecular weight is 367 g/mol. The molecule has 8 heteroatoms. The van der Waals surface area contributed by atoms with Gasteiger partial charge in [0.2, 0.25) is 5.91 Å². The zero-order chi connectivity index (χ0) is 17.7. The van der Waals surface area contributed by atoms with Crippen molar-refractivity contribution < 1.29 is 9.18 Å². The number of nitrogens with zero attached hydrogens (tertiary/aromatic N) is 3. The average Bonchev–Trinajstić information content (AvgIpc) is 3.20. The number of rotatable bonds is 3. The molecule has 1 fully saturated rings. The molecule has 0 atom stereocenters. The van der Waals surface area contributed by atoms with Gasteiger partial charge in [-0.05, 0) is 30.3 Å². The first kappa shape index (κ1) is 15.3. The summed E-state index contributed by atoms with van der Waals surface area (Å²) < 4.78 is 14.6. The van der Waals surface area contributed by atoms with Crippen LogP contribution in [-0.4, -0.2) is 34.2 Å². The van der Waals surface area contributed by atoms with Gasteiger partial charge >= 0.3 is 0 Å². The van der Waals surface area contributed by atoms with E-state index in [1.807, 2.05) is 29.2 Å². The fraction of sp³-hybridized carbons (Fsp3) is 0.167. The molecular formula is C18H14FN5OS. The lowest BCUT2D eigenvalue weighted by molar-refractivity contribution is -0.120. The molecule has 5 rings (SSSR count). The quantitative estimate of drug-likeness (QED) is 0.582. The van der Waals surface area contributed by atoms with Crippen LogP contribution in [0.5, 0.6) is 0 Å². The predicted molar refractivity (Wildman–Crippen MR) is 100 cm³/mol. The number of amides is 1. The second kappa shape index (κ2) is 5.77. The molecule has 4 aromatic rings. The van der Waals surface area contributed by atoms with Gasteiger partial charge in [0.1, 0.15) is 11.3 Å². The van der Waals surface area contributed by atoms with E-state index in [4.69, 9.17) is 0 Å². The summed E-state index contributed by atoms with van der Waals surface area (Å²) in [5.74, 6) is -0.439. The van der Waals surface area contributed by atoms with Gasteiger partial charge in [0.15, 0.2) is 5.13 Å². The second-order valence-corrected chi connectivity index (χ2v) is 7.36. The Morgan fingerprint density at radius 2 is 2.19 bits per heavy atom. The van der Waals surface area contributed by atoms with Crippen molar-refractivity contribution >= 4 is 49.2 Å². The number of anilines is 2. The fourth-order valence-electron chi connectivity index (χ4n) is 3.10. The molecule has 0 saturated carbocycles. The van der Waals surface area contributed by atoms with Crippen LogP contribution >= 0.6 is 11.3 Å². The Kier molecular flexibility index (Phi) is 3.39. The maximum absolute atomic E-state index is 13.8. The smallest absolute Gasteiger partial charge is 0.231 e. The van der Waals surface area contributed by atoms with Crippen molar-refractivity contribution in [3.63, 3.8) is 0 Å². The molecule has 1 aliphatic heterocycles. The molecule has 0 unspecified atom stereocenters. The number of hydrogen-bond acceptors (Lipinski definition) is 5. The monoisotopic (exact) mass is 367 g/mol. The number of nitrogens with one attached hydrogen (secondary N) is 2. The van der Waals surface area contributed by atoms with Gasteiger partial charge in [0, 0.05) is 24.2 Å². The second-order valence-electron chi connectivity index (χ2n) is 6.35. The number of carbonyl (C=O) groups excluding carboxylic acids is 1. The molecule has 1 aliphatic rings. The van der Waals surface area contributed by atoms with Crippen LogP contribution in [0.4, 0.5) is 15.2 Å². The van der Waals surface area contributed by atoms with Gasteiger partial charge < -0.3 is 10.2 Å².